The molecule has 0 aliphatic carbocycles. The van der Waals surface area contributed by atoms with Crippen molar-refractivity contribution in [1.29, 1.82) is 5.26 Å². The number of fused-ring (bicyclic) bond motifs is 1. The van der Waals surface area contributed by atoms with Gasteiger partial charge in [0.2, 0.25) is 0 Å². The number of halogens is 4. The summed E-state index contributed by atoms with van der Waals surface area (Å²) in [5.41, 5.74) is -1.24. The van der Waals surface area contributed by atoms with Gasteiger partial charge in [-0.25, -0.2) is 12.8 Å². The lowest BCUT2D eigenvalue weighted by molar-refractivity contribution is -0.140. The van der Waals surface area contributed by atoms with Crippen molar-refractivity contribution in [3.63, 3.8) is 0 Å². The Morgan fingerprint density at radius 2 is 1.80 bits per heavy atom. The molecule has 180 valence electrons. The molecular formula is C23H15F4N3O4S. The van der Waals surface area contributed by atoms with Crippen LogP contribution in [0.1, 0.15) is 38.8 Å². The molecule has 1 atom stereocenters. The highest BCUT2D eigenvalue weighted by atomic mass is 32.2. The molecular weight excluding hydrogens is 490 g/mol. The zero-order chi connectivity index (χ0) is 25.5. The number of nitrogens with zero attached hydrogens (tertiary/aromatic N) is 2. The normalized spacial score (nSPS) is 15.6. The number of sulfonamides is 1. The van der Waals surface area contributed by atoms with Crippen LogP contribution in [0.25, 0.3) is 0 Å². The molecule has 1 aliphatic heterocycles. The number of aliphatic hydroxyl groups excluding tert-OH is 1. The second-order valence-electron chi connectivity index (χ2n) is 7.63. The fourth-order valence-electron chi connectivity index (χ4n) is 3.72. The molecule has 35 heavy (non-hydrogen) atoms. The SMILES string of the molecule is N#Cc1cccc(CN2C(=O)c3c(NS(=O)(=O)c4ccc(F)c(C(F)(F)F)c4)cccc3C2O)c1. The van der Waals surface area contributed by atoms with Gasteiger partial charge in [-0.3, -0.25) is 9.52 Å². The Kier molecular flexibility index (Phi) is 6.00. The largest absolute Gasteiger partial charge is 0.419 e. The van der Waals surface area contributed by atoms with E-state index in [1.807, 2.05) is 6.07 Å². The highest BCUT2D eigenvalue weighted by Gasteiger charge is 2.39. The van der Waals surface area contributed by atoms with Crippen LogP contribution in [0.2, 0.25) is 0 Å². The highest BCUT2D eigenvalue weighted by molar-refractivity contribution is 7.92. The summed E-state index contributed by atoms with van der Waals surface area (Å²) in [5.74, 6) is -2.37. The summed E-state index contributed by atoms with van der Waals surface area (Å²) in [5, 5.41) is 19.7. The van der Waals surface area contributed by atoms with Crippen molar-refractivity contribution in [1.82, 2.24) is 4.90 Å². The molecule has 0 aromatic heterocycles. The highest BCUT2D eigenvalue weighted by Crippen LogP contribution is 2.38. The minimum absolute atomic E-state index is 0.0849. The van der Waals surface area contributed by atoms with Crippen LogP contribution in [0, 0.1) is 17.1 Å². The number of benzene rings is 3. The molecule has 0 saturated heterocycles. The van der Waals surface area contributed by atoms with E-state index in [-0.39, 0.29) is 29.4 Å². The van der Waals surface area contributed by atoms with Gasteiger partial charge in [0.1, 0.15) is 5.82 Å². The van der Waals surface area contributed by atoms with Crippen molar-refractivity contribution >= 4 is 21.6 Å². The summed E-state index contributed by atoms with van der Waals surface area (Å²) in [6.45, 7) is -0.0940. The number of nitriles is 1. The third-order valence-corrected chi connectivity index (χ3v) is 6.71. The van der Waals surface area contributed by atoms with Gasteiger partial charge >= 0.3 is 6.18 Å². The number of amides is 1. The first-order chi connectivity index (χ1) is 16.4. The summed E-state index contributed by atoms with van der Waals surface area (Å²) in [7, 11) is -4.67. The molecule has 4 rings (SSSR count). The molecule has 0 bridgehead atoms. The van der Waals surface area contributed by atoms with Crippen molar-refractivity contribution in [3.8, 4) is 6.07 Å². The first kappa shape index (κ1) is 24.2. The van der Waals surface area contributed by atoms with E-state index in [2.05, 4.69) is 4.72 Å². The first-order valence-electron chi connectivity index (χ1n) is 9.93. The molecule has 3 aromatic rings. The molecule has 0 fully saturated rings. The third-order valence-electron chi connectivity index (χ3n) is 5.35. The van der Waals surface area contributed by atoms with Gasteiger partial charge in [-0.15, -0.1) is 0 Å². The number of aliphatic hydroxyl groups is 1. The molecule has 1 heterocycles. The van der Waals surface area contributed by atoms with E-state index in [1.165, 1.54) is 24.3 Å². The monoisotopic (exact) mass is 505 g/mol. The Labute approximate surface area is 196 Å². The van der Waals surface area contributed by atoms with Crippen LogP contribution in [0.3, 0.4) is 0 Å². The average Bonchev–Trinajstić information content (AvgIpc) is 3.04. The van der Waals surface area contributed by atoms with E-state index >= 15 is 0 Å². The minimum atomic E-state index is -5.12. The van der Waals surface area contributed by atoms with Gasteiger partial charge in [0.05, 0.1) is 33.3 Å². The Bertz CT molecular complexity index is 1480. The maximum Gasteiger partial charge on any atom is 0.419 e. The van der Waals surface area contributed by atoms with E-state index in [0.29, 0.717) is 23.3 Å². The van der Waals surface area contributed by atoms with E-state index in [4.69, 9.17) is 5.26 Å². The van der Waals surface area contributed by atoms with Crippen LogP contribution in [0.4, 0.5) is 23.2 Å². The van der Waals surface area contributed by atoms with E-state index < -0.39 is 44.6 Å². The topological polar surface area (TPSA) is 111 Å². The molecule has 0 spiro atoms. The summed E-state index contributed by atoms with van der Waals surface area (Å²) in [6, 6.07) is 13.5. The van der Waals surface area contributed by atoms with Crippen LogP contribution in [-0.2, 0) is 22.7 Å². The Morgan fingerprint density at radius 1 is 1.09 bits per heavy atom. The van der Waals surface area contributed by atoms with Gasteiger partial charge < -0.3 is 10.0 Å². The third kappa shape index (κ3) is 4.55. The molecule has 2 N–H and O–H groups in total. The van der Waals surface area contributed by atoms with Crippen molar-refractivity contribution in [2.45, 2.75) is 23.8 Å². The maximum atomic E-state index is 13.6. The quantitative estimate of drug-likeness (QED) is 0.506. The molecule has 0 radical (unpaired) electrons. The summed E-state index contributed by atoms with van der Waals surface area (Å²) >= 11 is 0. The lowest BCUT2D eigenvalue weighted by Gasteiger charge is -2.21. The van der Waals surface area contributed by atoms with Gasteiger partial charge in [-0.05, 0) is 42.0 Å². The van der Waals surface area contributed by atoms with Crippen molar-refractivity contribution in [3.05, 3.63) is 94.3 Å². The zero-order valence-electron chi connectivity index (χ0n) is 17.5. The standard InChI is InChI=1S/C23H15F4N3O4S/c24-18-8-7-15(10-17(18)23(25,26)27)35(33,34)29-19-6-2-5-16-20(19)22(32)30(21(16)31)12-14-4-1-3-13(9-14)11-28/h1-10,21,29,31H,12H2. The van der Waals surface area contributed by atoms with Crippen LogP contribution in [0.15, 0.2) is 65.6 Å². The second-order valence-corrected chi connectivity index (χ2v) is 9.32. The number of carbonyl (C=O) groups is 1. The van der Waals surface area contributed by atoms with E-state index in [9.17, 15) is 35.9 Å². The average molecular weight is 505 g/mol. The fourth-order valence-corrected chi connectivity index (χ4v) is 4.82. The predicted octanol–water partition coefficient (Wildman–Crippen LogP) is 4.16. The predicted molar refractivity (Wildman–Crippen MR) is 115 cm³/mol. The minimum Gasteiger partial charge on any atom is -0.369 e. The lowest BCUT2D eigenvalue weighted by Crippen LogP contribution is -2.27. The lowest BCUT2D eigenvalue weighted by atomic mass is 10.1. The Balaban J connectivity index is 1.67. The summed E-state index contributed by atoms with van der Waals surface area (Å²) in [6.07, 6.45) is -6.55. The van der Waals surface area contributed by atoms with Gasteiger partial charge in [0.15, 0.2) is 6.23 Å². The summed E-state index contributed by atoms with van der Waals surface area (Å²) in [4.78, 5) is 13.3. The number of nitrogens with one attached hydrogen (secondary N) is 1. The molecule has 0 saturated carbocycles. The van der Waals surface area contributed by atoms with Crippen molar-refractivity contribution < 1.29 is 35.9 Å². The number of rotatable bonds is 5. The van der Waals surface area contributed by atoms with Crippen molar-refractivity contribution in [2.24, 2.45) is 0 Å². The second kappa shape index (κ2) is 8.68. The Hall–Kier alpha value is -3.95. The van der Waals surface area contributed by atoms with Crippen LogP contribution < -0.4 is 4.72 Å². The van der Waals surface area contributed by atoms with Gasteiger partial charge in [-0.2, -0.15) is 18.4 Å². The smallest absolute Gasteiger partial charge is 0.369 e. The van der Waals surface area contributed by atoms with Gasteiger partial charge in [0.25, 0.3) is 15.9 Å². The van der Waals surface area contributed by atoms with Crippen LogP contribution in [-0.4, -0.2) is 24.3 Å². The van der Waals surface area contributed by atoms with Gasteiger partial charge in [-0.1, -0.05) is 24.3 Å². The molecule has 7 nitrogen and oxygen atoms in total. The number of anilines is 1. The van der Waals surface area contributed by atoms with Crippen molar-refractivity contribution in [2.75, 3.05) is 4.72 Å². The van der Waals surface area contributed by atoms with E-state index in [0.717, 1.165) is 4.90 Å². The fraction of sp³-hybridized carbons (Fsp3) is 0.130. The number of carbonyl (C=O) groups excluding carboxylic acids is 1. The van der Waals surface area contributed by atoms with Crippen LogP contribution in [0.5, 0.6) is 0 Å². The van der Waals surface area contributed by atoms with Gasteiger partial charge in [0, 0.05) is 12.1 Å². The van der Waals surface area contributed by atoms with Crippen LogP contribution >= 0.6 is 0 Å². The Morgan fingerprint density at radius 3 is 2.49 bits per heavy atom. The first-order valence-corrected chi connectivity index (χ1v) is 11.4. The number of alkyl halides is 3. The summed E-state index contributed by atoms with van der Waals surface area (Å²) < 4.78 is 80.4. The zero-order valence-corrected chi connectivity index (χ0v) is 18.4. The molecule has 1 aliphatic rings. The number of hydrogen-bond acceptors (Lipinski definition) is 5. The molecule has 1 amide bonds. The molecule has 3 aromatic carbocycles. The van der Waals surface area contributed by atoms with E-state index in [1.54, 1.807) is 18.2 Å². The number of hydrogen-bond donors (Lipinski definition) is 2. The molecule has 1 unspecified atom stereocenters. The maximum absolute atomic E-state index is 13.6. The molecule has 12 heteroatoms.